The number of carbonyl (C=O) groups is 2. The minimum Gasteiger partial charge on any atom is -0.478 e. The predicted octanol–water partition coefficient (Wildman–Crippen LogP) is 9.17. The number of amides is 1. The maximum absolute atomic E-state index is 13.6. The summed E-state index contributed by atoms with van der Waals surface area (Å²) in [5, 5.41) is 13.8. The summed E-state index contributed by atoms with van der Waals surface area (Å²) in [6, 6.07) is 15.2. The average Bonchev–Trinajstić information content (AvgIpc) is 3.52. The fraction of sp³-hybridized carbons (Fsp3) is 0.258. The molecule has 1 amide bonds. The van der Waals surface area contributed by atoms with Gasteiger partial charge in [0.05, 0.1) is 22.4 Å². The Bertz CT molecular complexity index is 1610. The maximum Gasteiger partial charge on any atom is 0.337 e. The summed E-state index contributed by atoms with van der Waals surface area (Å²) in [5.74, 6) is 0.165. The van der Waals surface area contributed by atoms with Gasteiger partial charge in [-0.25, -0.2) is 9.79 Å². The number of nitrogens with zero attached hydrogens (tertiary/aromatic N) is 1. The third-order valence-corrected chi connectivity index (χ3v) is 8.96. The summed E-state index contributed by atoms with van der Waals surface area (Å²) in [6.45, 7) is 6.79. The lowest BCUT2D eigenvalue weighted by Crippen LogP contribution is -2.27. The van der Waals surface area contributed by atoms with Crippen LogP contribution in [0.1, 0.15) is 64.1 Å². The van der Waals surface area contributed by atoms with E-state index in [4.69, 9.17) is 32.6 Å². The summed E-state index contributed by atoms with van der Waals surface area (Å²) in [6.07, 6.45) is 4.33. The molecular formula is C31H28Cl2N2O4S. The van der Waals surface area contributed by atoms with Gasteiger partial charge in [-0.05, 0) is 90.8 Å². The standard InChI is InChI=1S/C31H28Cl2N2O4S/c1-31(2,3)18-5-11-22-26(15-18)40-29(27(22)28(36)35-20-8-6-19(32)7-9-20)34-16-21-10-13-25(39-21)17-4-12-24(33)23(14-17)30(37)38/h4,6-10,12-14,16,18H,5,11,15H2,1-3H3,(H,35,36)(H,37,38)/t18-/m0/s1. The number of carboxylic acid groups (broad SMARTS) is 1. The van der Waals surface area contributed by atoms with Crippen molar-refractivity contribution in [1.82, 2.24) is 0 Å². The van der Waals surface area contributed by atoms with Crippen LogP contribution in [0.15, 0.2) is 64.0 Å². The molecule has 0 aliphatic heterocycles. The van der Waals surface area contributed by atoms with Crippen LogP contribution in [0.2, 0.25) is 10.0 Å². The van der Waals surface area contributed by atoms with Crippen molar-refractivity contribution >= 4 is 63.3 Å². The second kappa shape index (κ2) is 11.2. The topological polar surface area (TPSA) is 91.9 Å². The maximum atomic E-state index is 13.6. The highest BCUT2D eigenvalue weighted by Gasteiger charge is 2.33. The van der Waals surface area contributed by atoms with Gasteiger partial charge in [0.1, 0.15) is 16.5 Å². The Morgan fingerprint density at radius 2 is 1.85 bits per heavy atom. The Morgan fingerprint density at radius 3 is 2.55 bits per heavy atom. The van der Waals surface area contributed by atoms with Gasteiger partial charge in [0.15, 0.2) is 0 Å². The molecule has 1 atom stereocenters. The molecule has 0 spiro atoms. The van der Waals surface area contributed by atoms with Gasteiger partial charge < -0.3 is 14.8 Å². The minimum absolute atomic E-state index is 0.000137. The van der Waals surface area contributed by atoms with Crippen LogP contribution < -0.4 is 5.32 Å². The molecule has 6 nitrogen and oxygen atoms in total. The Labute approximate surface area is 246 Å². The first-order valence-electron chi connectivity index (χ1n) is 12.9. The van der Waals surface area contributed by atoms with Crippen molar-refractivity contribution in [3.8, 4) is 11.3 Å². The van der Waals surface area contributed by atoms with Crippen molar-refractivity contribution < 1.29 is 19.1 Å². The summed E-state index contributed by atoms with van der Waals surface area (Å²) in [7, 11) is 0. The van der Waals surface area contributed by atoms with Crippen molar-refractivity contribution in [2.24, 2.45) is 16.3 Å². The van der Waals surface area contributed by atoms with Gasteiger partial charge in [0.2, 0.25) is 0 Å². The molecule has 0 radical (unpaired) electrons. The molecule has 1 aliphatic rings. The van der Waals surface area contributed by atoms with E-state index >= 15 is 0 Å². The van der Waals surface area contributed by atoms with Crippen molar-refractivity contribution in [2.75, 3.05) is 5.32 Å². The number of benzene rings is 2. The van der Waals surface area contributed by atoms with E-state index < -0.39 is 5.97 Å². The summed E-state index contributed by atoms with van der Waals surface area (Å²) in [4.78, 5) is 30.9. The number of carboxylic acids is 1. The SMILES string of the molecule is CC(C)(C)[C@H]1CCc2c(sc(N=Cc3ccc(-c4ccc(Cl)c(C(=O)O)c4)o3)c2C(=O)Nc2ccc(Cl)cc2)C1. The van der Waals surface area contributed by atoms with E-state index in [0.29, 0.717) is 44.3 Å². The van der Waals surface area contributed by atoms with Gasteiger partial charge in [0.25, 0.3) is 5.91 Å². The zero-order valence-electron chi connectivity index (χ0n) is 22.3. The first-order chi connectivity index (χ1) is 19.0. The minimum atomic E-state index is -1.11. The third-order valence-electron chi connectivity index (χ3n) is 7.22. The van der Waals surface area contributed by atoms with E-state index in [1.54, 1.807) is 60.0 Å². The molecule has 1 aliphatic carbocycles. The van der Waals surface area contributed by atoms with Crippen molar-refractivity contribution in [2.45, 2.75) is 40.0 Å². The summed E-state index contributed by atoms with van der Waals surface area (Å²) >= 11 is 13.6. The lowest BCUT2D eigenvalue weighted by atomic mass is 9.72. The van der Waals surface area contributed by atoms with Crippen LogP contribution in [0.4, 0.5) is 10.7 Å². The number of thiophene rings is 1. The average molecular weight is 596 g/mol. The number of rotatable bonds is 6. The lowest BCUT2D eigenvalue weighted by molar-refractivity contribution is 0.0697. The van der Waals surface area contributed by atoms with Crippen LogP contribution in [-0.2, 0) is 12.8 Å². The van der Waals surface area contributed by atoms with Gasteiger partial charge in [-0.1, -0.05) is 44.0 Å². The molecule has 5 rings (SSSR count). The predicted molar refractivity (Wildman–Crippen MR) is 162 cm³/mol. The zero-order chi connectivity index (χ0) is 28.6. The first-order valence-corrected chi connectivity index (χ1v) is 14.5. The highest BCUT2D eigenvalue weighted by molar-refractivity contribution is 7.16. The largest absolute Gasteiger partial charge is 0.478 e. The highest BCUT2D eigenvalue weighted by Crippen LogP contribution is 2.45. The van der Waals surface area contributed by atoms with E-state index in [9.17, 15) is 14.7 Å². The number of fused-ring (bicyclic) bond motifs is 1. The Balaban J connectivity index is 1.46. The number of carbonyl (C=O) groups excluding carboxylic acids is 1. The van der Waals surface area contributed by atoms with Gasteiger partial charge in [-0.3, -0.25) is 4.79 Å². The Kier molecular flexibility index (Phi) is 7.91. The Hall–Kier alpha value is -3.39. The number of aliphatic imine (C=N–C) groups is 1. The van der Waals surface area contributed by atoms with E-state index in [1.807, 2.05) is 0 Å². The monoisotopic (exact) mass is 594 g/mol. The smallest absolute Gasteiger partial charge is 0.337 e. The molecule has 2 N–H and O–H groups in total. The van der Waals surface area contributed by atoms with Crippen LogP contribution >= 0.6 is 34.5 Å². The second-order valence-corrected chi connectivity index (χ2v) is 12.8. The molecule has 9 heteroatoms. The molecule has 2 aromatic carbocycles. The molecule has 0 saturated heterocycles. The molecule has 0 bridgehead atoms. The number of furan rings is 1. The quantitative estimate of drug-likeness (QED) is 0.218. The second-order valence-electron chi connectivity index (χ2n) is 10.9. The first kappa shape index (κ1) is 28.1. The number of nitrogens with one attached hydrogen (secondary N) is 1. The fourth-order valence-corrected chi connectivity index (χ4v) is 6.50. The van der Waals surface area contributed by atoms with Gasteiger partial charge in [-0.2, -0.15) is 0 Å². The van der Waals surface area contributed by atoms with Crippen LogP contribution in [-0.4, -0.2) is 23.2 Å². The van der Waals surface area contributed by atoms with Crippen LogP contribution in [0, 0.1) is 11.3 Å². The lowest BCUT2D eigenvalue weighted by Gasteiger charge is -2.33. The van der Waals surface area contributed by atoms with Crippen LogP contribution in [0.3, 0.4) is 0 Å². The van der Waals surface area contributed by atoms with Crippen molar-refractivity contribution in [3.63, 3.8) is 0 Å². The van der Waals surface area contributed by atoms with Gasteiger partial charge in [-0.15, -0.1) is 11.3 Å². The van der Waals surface area contributed by atoms with E-state index in [-0.39, 0.29) is 21.9 Å². The molecule has 0 fully saturated rings. The molecule has 206 valence electrons. The normalized spacial score (nSPS) is 15.3. The summed E-state index contributed by atoms with van der Waals surface area (Å²) in [5.41, 5.74) is 3.07. The fourth-order valence-electron chi connectivity index (χ4n) is 4.90. The van der Waals surface area contributed by atoms with Gasteiger partial charge in [0, 0.05) is 21.2 Å². The molecule has 2 aromatic heterocycles. The zero-order valence-corrected chi connectivity index (χ0v) is 24.6. The number of hydrogen-bond donors (Lipinski definition) is 2. The molecular weight excluding hydrogens is 567 g/mol. The number of anilines is 1. The summed E-state index contributed by atoms with van der Waals surface area (Å²) < 4.78 is 5.94. The molecule has 4 aromatic rings. The molecule has 40 heavy (non-hydrogen) atoms. The van der Waals surface area contributed by atoms with Crippen molar-refractivity contribution in [1.29, 1.82) is 0 Å². The van der Waals surface area contributed by atoms with Crippen LogP contribution in [0.25, 0.3) is 11.3 Å². The van der Waals surface area contributed by atoms with E-state index in [2.05, 4.69) is 26.1 Å². The van der Waals surface area contributed by atoms with Crippen LogP contribution in [0.5, 0.6) is 0 Å². The Morgan fingerprint density at radius 1 is 1.10 bits per heavy atom. The van der Waals surface area contributed by atoms with Gasteiger partial charge >= 0.3 is 5.97 Å². The third kappa shape index (κ3) is 6.02. The van der Waals surface area contributed by atoms with E-state index in [1.165, 1.54) is 17.0 Å². The number of hydrogen-bond acceptors (Lipinski definition) is 5. The molecule has 0 saturated carbocycles. The number of aromatic carboxylic acids is 1. The highest BCUT2D eigenvalue weighted by atomic mass is 35.5. The molecule has 2 heterocycles. The molecule has 0 unspecified atom stereocenters. The van der Waals surface area contributed by atoms with Crippen molar-refractivity contribution in [3.05, 3.63) is 92.0 Å². The van der Waals surface area contributed by atoms with E-state index in [0.717, 1.165) is 24.8 Å². The number of halogens is 2.